The van der Waals surface area contributed by atoms with Gasteiger partial charge in [0.25, 0.3) is 0 Å². The van der Waals surface area contributed by atoms with Gasteiger partial charge >= 0.3 is 0 Å². The number of rotatable bonds is 4. The summed E-state index contributed by atoms with van der Waals surface area (Å²) in [6, 6.07) is 0. The van der Waals surface area contributed by atoms with Gasteiger partial charge in [0.15, 0.2) is 0 Å². The van der Waals surface area contributed by atoms with Crippen molar-refractivity contribution in [3.63, 3.8) is 0 Å². The van der Waals surface area contributed by atoms with Gasteiger partial charge in [-0.2, -0.15) is 0 Å². The summed E-state index contributed by atoms with van der Waals surface area (Å²) in [5.74, 6) is -1.95. The van der Waals surface area contributed by atoms with Crippen LogP contribution in [-0.4, -0.2) is 64.3 Å². The first kappa shape index (κ1) is 13.8. The standard InChI is InChI=1S/C10H20O6/c1-2-3-4-16-10(14)6-15-5-7(11)8(12)9(10)13/h7-9,11-14H,2-6H2,1H3/t7-,8-,9-,10?/m1/s1. The van der Waals surface area contributed by atoms with Crippen molar-refractivity contribution in [1.82, 2.24) is 0 Å². The molecule has 0 aromatic carbocycles. The van der Waals surface area contributed by atoms with Gasteiger partial charge in [0.1, 0.15) is 24.9 Å². The molecule has 4 N–H and O–H groups in total. The van der Waals surface area contributed by atoms with E-state index in [1.165, 1.54) is 0 Å². The van der Waals surface area contributed by atoms with E-state index >= 15 is 0 Å². The van der Waals surface area contributed by atoms with Gasteiger partial charge in [0.05, 0.1) is 13.2 Å². The number of aliphatic hydroxyl groups excluding tert-OH is 3. The summed E-state index contributed by atoms with van der Waals surface area (Å²) in [5, 5.41) is 38.5. The van der Waals surface area contributed by atoms with Crippen molar-refractivity contribution >= 4 is 0 Å². The molecule has 0 spiro atoms. The second-order valence-electron chi connectivity index (χ2n) is 4.06. The largest absolute Gasteiger partial charge is 0.388 e. The van der Waals surface area contributed by atoms with Crippen molar-refractivity contribution in [2.24, 2.45) is 0 Å². The topological polar surface area (TPSA) is 99.4 Å². The third-order valence-corrected chi connectivity index (χ3v) is 2.63. The zero-order valence-electron chi connectivity index (χ0n) is 9.37. The summed E-state index contributed by atoms with van der Waals surface area (Å²) in [6.45, 7) is 1.81. The molecule has 0 aromatic heterocycles. The molecule has 0 aromatic rings. The average molecular weight is 236 g/mol. The first-order valence-electron chi connectivity index (χ1n) is 5.49. The summed E-state index contributed by atoms with van der Waals surface area (Å²) in [7, 11) is 0. The lowest BCUT2D eigenvalue weighted by Crippen LogP contribution is -2.54. The van der Waals surface area contributed by atoms with Crippen molar-refractivity contribution in [1.29, 1.82) is 0 Å². The summed E-state index contributed by atoms with van der Waals surface area (Å²) in [6.07, 6.45) is -2.67. The van der Waals surface area contributed by atoms with Crippen molar-refractivity contribution in [3.8, 4) is 0 Å². The SMILES string of the molecule is CCCCOC1(O)COC[C@@H](O)[C@@H](O)[C@H]1O. The molecule has 1 saturated heterocycles. The van der Waals surface area contributed by atoms with E-state index in [0.717, 1.165) is 12.8 Å². The third kappa shape index (κ3) is 3.13. The molecule has 0 radical (unpaired) electrons. The lowest BCUT2D eigenvalue weighted by Gasteiger charge is -2.32. The fraction of sp³-hybridized carbons (Fsp3) is 1.00. The molecule has 4 atom stereocenters. The van der Waals surface area contributed by atoms with Crippen LogP contribution in [0.5, 0.6) is 0 Å². The summed E-state index contributed by atoms with van der Waals surface area (Å²) >= 11 is 0. The molecule has 6 nitrogen and oxygen atoms in total. The van der Waals surface area contributed by atoms with Crippen LogP contribution in [-0.2, 0) is 9.47 Å². The molecular formula is C10H20O6. The number of unbranched alkanes of at least 4 members (excludes halogenated alkanes) is 1. The second-order valence-corrected chi connectivity index (χ2v) is 4.06. The van der Waals surface area contributed by atoms with Crippen molar-refractivity contribution < 1.29 is 29.9 Å². The van der Waals surface area contributed by atoms with Gasteiger partial charge in [-0.3, -0.25) is 0 Å². The Bertz CT molecular complexity index is 211. The zero-order chi connectivity index (χ0) is 12.2. The summed E-state index contributed by atoms with van der Waals surface area (Å²) in [5.41, 5.74) is 0. The van der Waals surface area contributed by atoms with Gasteiger partial charge in [-0.15, -0.1) is 0 Å². The second kappa shape index (κ2) is 5.90. The van der Waals surface area contributed by atoms with E-state index in [1.807, 2.05) is 6.92 Å². The number of hydrogen-bond donors (Lipinski definition) is 4. The molecular weight excluding hydrogens is 216 g/mol. The summed E-state index contributed by atoms with van der Waals surface area (Å²) < 4.78 is 10.1. The molecule has 96 valence electrons. The maximum Gasteiger partial charge on any atom is 0.218 e. The fourth-order valence-electron chi connectivity index (χ4n) is 1.51. The van der Waals surface area contributed by atoms with E-state index in [1.54, 1.807) is 0 Å². The van der Waals surface area contributed by atoms with Gasteiger partial charge in [0.2, 0.25) is 5.79 Å². The quantitative estimate of drug-likeness (QED) is 0.354. The Hall–Kier alpha value is -0.240. The lowest BCUT2D eigenvalue weighted by molar-refractivity contribution is -0.285. The molecule has 0 aliphatic carbocycles. The molecule has 6 heteroatoms. The number of aliphatic hydroxyl groups is 4. The molecule has 1 unspecified atom stereocenters. The number of hydrogen-bond acceptors (Lipinski definition) is 6. The Kier molecular flexibility index (Phi) is 5.10. The van der Waals surface area contributed by atoms with Gasteiger partial charge in [-0.05, 0) is 6.42 Å². The van der Waals surface area contributed by atoms with E-state index in [-0.39, 0.29) is 19.8 Å². The van der Waals surface area contributed by atoms with Crippen molar-refractivity contribution in [2.45, 2.75) is 43.9 Å². The molecule has 0 bridgehead atoms. The van der Waals surface area contributed by atoms with Crippen LogP contribution in [0.2, 0.25) is 0 Å². The molecule has 16 heavy (non-hydrogen) atoms. The van der Waals surface area contributed by atoms with Crippen molar-refractivity contribution in [2.75, 3.05) is 19.8 Å². The van der Waals surface area contributed by atoms with E-state index in [2.05, 4.69) is 0 Å². The van der Waals surface area contributed by atoms with Gasteiger partial charge < -0.3 is 29.9 Å². The maximum atomic E-state index is 9.97. The van der Waals surface area contributed by atoms with Crippen LogP contribution in [0, 0.1) is 0 Å². The molecule has 1 aliphatic rings. The molecule has 0 saturated carbocycles. The Morgan fingerprint density at radius 1 is 1.38 bits per heavy atom. The minimum absolute atomic E-state index is 0.141. The van der Waals surface area contributed by atoms with Crippen LogP contribution < -0.4 is 0 Å². The van der Waals surface area contributed by atoms with Crippen LogP contribution >= 0.6 is 0 Å². The minimum atomic E-state index is -1.95. The molecule has 1 aliphatic heterocycles. The highest BCUT2D eigenvalue weighted by Crippen LogP contribution is 2.22. The Balaban J connectivity index is 2.61. The highest BCUT2D eigenvalue weighted by Gasteiger charge is 2.46. The highest BCUT2D eigenvalue weighted by atomic mass is 16.7. The minimum Gasteiger partial charge on any atom is -0.388 e. The van der Waals surface area contributed by atoms with E-state index in [4.69, 9.17) is 9.47 Å². The molecule has 1 heterocycles. The van der Waals surface area contributed by atoms with Crippen LogP contribution in [0.15, 0.2) is 0 Å². The monoisotopic (exact) mass is 236 g/mol. The normalized spacial score (nSPS) is 40.7. The van der Waals surface area contributed by atoms with Crippen LogP contribution in [0.3, 0.4) is 0 Å². The smallest absolute Gasteiger partial charge is 0.218 e. The predicted octanol–water partition coefficient (Wildman–Crippen LogP) is -1.40. The highest BCUT2D eigenvalue weighted by molar-refractivity contribution is 4.89. The Morgan fingerprint density at radius 3 is 2.69 bits per heavy atom. The lowest BCUT2D eigenvalue weighted by atomic mass is 10.0. The first-order valence-corrected chi connectivity index (χ1v) is 5.49. The Labute approximate surface area is 94.4 Å². The zero-order valence-corrected chi connectivity index (χ0v) is 9.37. The van der Waals surface area contributed by atoms with Crippen LogP contribution in [0.4, 0.5) is 0 Å². The fourth-order valence-corrected chi connectivity index (χ4v) is 1.51. The molecule has 1 rings (SSSR count). The average Bonchev–Trinajstić information content (AvgIpc) is 2.34. The van der Waals surface area contributed by atoms with Gasteiger partial charge in [0, 0.05) is 0 Å². The Morgan fingerprint density at radius 2 is 2.06 bits per heavy atom. The first-order chi connectivity index (χ1) is 7.51. The van der Waals surface area contributed by atoms with Crippen LogP contribution in [0.25, 0.3) is 0 Å². The summed E-state index contributed by atoms with van der Waals surface area (Å²) in [4.78, 5) is 0. The number of ether oxygens (including phenoxy) is 2. The molecule has 0 amide bonds. The third-order valence-electron chi connectivity index (χ3n) is 2.63. The van der Waals surface area contributed by atoms with Gasteiger partial charge in [-0.1, -0.05) is 13.3 Å². The predicted molar refractivity (Wildman–Crippen MR) is 54.6 cm³/mol. The van der Waals surface area contributed by atoms with Crippen molar-refractivity contribution in [3.05, 3.63) is 0 Å². The maximum absolute atomic E-state index is 9.97. The van der Waals surface area contributed by atoms with Crippen LogP contribution in [0.1, 0.15) is 19.8 Å². The van der Waals surface area contributed by atoms with E-state index in [0.29, 0.717) is 0 Å². The van der Waals surface area contributed by atoms with E-state index < -0.39 is 24.1 Å². The molecule has 1 fully saturated rings. The van der Waals surface area contributed by atoms with Gasteiger partial charge in [-0.25, -0.2) is 0 Å². The van der Waals surface area contributed by atoms with E-state index in [9.17, 15) is 20.4 Å².